The molecule has 1 aromatic heterocycles. The highest BCUT2D eigenvalue weighted by Gasteiger charge is 2.11. The van der Waals surface area contributed by atoms with Gasteiger partial charge in [-0.3, -0.25) is 0 Å². The van der Waals surface area contributed by atoms with Crippen molar-refractivity contribution in [2.24, 2.45) is 0 Å². The van der Waals surface area contributed by atoms with Gasteiger partial charge >= 0.3 is 0 Å². The van der Waals surface area contributed by atoms with Gasteiger partial charge in [-0.15, -0.1) is 0 Å². The maximum absolute atomic E-state index is 3.51. The van der Waals surface area contributed by atoms with Crippen molar-refractivity contribution in [1.82, 2.24) is 4.57 Å². The Morgan fingerprint density at radius 3 is 2.55 bits per heavy atom. The molecular formula is C20H22BrN. The monoisotopic (exact) mass is 355 g/mol. The first-order valence-electron chi connectivity index (χ1n) is 8.01. The minimum Gasteiger partial charge on any atom is -0.344 e. The molecule has 0 atom stereocenters. The second kappa shape index (κ2) is 6.70. The first kappa shape index (κ1) is 15.4. The van der Waals surface area contributed by atoms with Gasteiger partial charge in [-0.25, -0.2) is 0 Å². The molecule has 0 aliphatic carbocycles. The number of rotatable bonds is 5. The number of aryl methyl sites for hydroxylation is 2. The lowest BCUT2D eigenvalue weighted by molar-refractivity contribution is 0.630. The molecular weight excluding hydrogens is 334 g/mol. The standard InChI is InChI=1S/C20H22BrN/c1-3-4-12-22-19(13-16-8-10-18(21)11-9-16)14-17-7-5-6-15(2)20(17)22/h5-11,14H,3-4,12-13H2,1-2H3. The van der Waals surface area contributed by atoms with Gasteiger partial charge in [0.15, 0.2) is 0 Å². The number of unbranched alkanes of at least 4 members (excludes halogenated alkanes) is 1. The van der Waals surface area contributed by atoms with E-state index in [1.165, 1.54) is 40.6 Å². The Balaban J connectivity index is 2.03. The summed E-state index contributed by atoms with van der Waals surface area (Å²) in [6.45, 7) is 5.58. The van der Waals surface area contributed by atoms with Gasteiger partial charge in [-0.1, -0.05) is 59.6 Å². The number of halogens is 1. The van der Waals surface area contributed by atoms with Crippen LogP contribution in [0.2, 0.25) is 0 Å². The van der Waals surface area contributed by atoms with E-state index in [1.807, 2.05) is 0 Å². The topological polar surface area (TPSA) is 4.93 Å². The molecule has 0 spiro atoms. The normalized spacial score (nSPS) is 11.2. The van der Waals surface area contributed by atoms with E-state index in [0.717, 1.165) is 17.4 Å². The highest BCUT2D eigenvalue weighted by atomic mass is 79.9. The second-order valence-corrected chi connectivity index (χ2v) is 6.87. The van der Waals surface area contributed by atoms with Crippen LogP contribution >= 0.6 is 15.9 Å². The summed E-state index contributed by atoms with van der Waals surface area (Å²) in [5.41, 5.74) is 5.56. The van der Waals surface area contributed by atoms with Crippen LogP contribution in [0.4, 0.5) is 0 Å². The van der Waals surface area contributed by atoms with E-state index < -0.39 is 0 Å². The molecule has 1 heterocycles. The Morgan fingerprint density at radius 1 is 1.05 bits per heavy atom. The summed E-state index contributed by atoms with van der Waals surface area (Å²) in [6, 6.07) is 17.6. The van der Waals surface area contributed by atoms with Crippen LogP contribution in [-0.2, 0) is 13.0 Å². The molecule has 0 aliphatic heterocycles. The molecule has 0 aliphatic rings. The van der Waals surface area contributed by atoms with Gasteiger partial charge in [0.05, 0.1) is 5.52 Å². The van der Waals surface area contributed by atoms with E-state index in [4.69, 9.17) is 0 Å². The molecule has 3 rings (SSSR count). The van der Waals surface area contributed by atoms with Crippen LogP contribution in [0.1, 0.15) is 36.6 Å². The van der Waals surface area contributed by atoms with E-state index in [9.17, 15) is 0 Å². The summed E-state index contributed by atoms with van der Waals surface area (Å²) in [5, 5.41) is 1.36. The van der Waals surface area contributed by atoms with Gasteiger partial charge in [0.1, 0.15) is 0 Å². The van der Waals surface area contributed by atoms with E-state index in [2.05, 4.69) is 82.9 Å². The fourth-order valence-electron chi connectivity index (χ4n) is 3.10. The minimum atomic E-state index is 0.991. The molecule has 0 N–H and O–H groups in total. The third kappa shape index (κ3) is 3.12. The average molecular weight is 356 g/mol. The van der Waals surface area contributed by atoms with Crippen LogP contribution in [0, 0.1) is 6.92 Å². The first-order chi connectivity index (χ1) is 10.7. The molecule has 3 aromatic rings. The summed E-state index contributed by atoms with van der Waals surface area (Å²) >= 11 is 3.51. The molecule has 0 saturated heterocycles. The molecule has 114 valence electrons. The van der Waals surface area contributed by atoms with Crippen molar-refractivity contribution in [3.63, 3.8) is 0 Å². The number of aromatic nitrogens is 1. The second-order valence-electron chi connectivity index (χ2n) is 5.96. The summed E-state index contributed by atoms with van der Waals surface area (Å²) in [5.74, 6) is 0. The van der Waals surface area contributed by atoms with E-state index in [0.29, 0.717) is 0 Å². The molecule has 2 aromatic carbocycles. The molecule has 0 unspecified atom stereocenters. The van der Waals surface area contributed by atoms with Crippen molar-refractivity contribution < 1.29 is 0 Å². The zero-order valence-electron chi connectivity index (χ0n) is 13.3. The fourth-order valence-corrected chi connectivity index (χ4v) is 3.36. The number of fused-ring (bicyclic) bond motifs is 1. The van der Waals surface area contributed by atoms with Gasteiger partial charge in [0.2, 0.25) is 0 Å². The Hall–Kier alpha value is -1.54. The third-order valence-electron chi connectivity index (χ3n) is 4.24. The number of nitrogens with zero attached hydrogens (tertiary/aromatic N) is 1. The molecule has 0 bridgehead atoms. The Labute approximate surface area is 141 Å². The zero-order valence-corrected chi connectivity index (χ0v) is 14.9. The molecule has 2 heteroatoms. The minimum absolute atomic E-state index is 0.991. The average Bonchev–Trinajstić information content (AvgIpc) is 2.86. The van der Waals surface area contributed by atoms with Gasteiger partial charge in [-0.2, -0.15) is 0 Å². The van der Waals surface area contributed by atoms with E-state index in [-0.39, 0.29) is 0 Å². The lowest BCUT2D eigenvalue weighted by Gasteiger charge is -2.12. The van der Waals surface area contributed by atoms with E-state index >= 15 is 0 Å². The highest BCUT2D eigenvalue weighted by molar-refractivity contribution is 9.10. The van der Waals surface area contributed by atoms with Crippen LogP contribution < -0.4 is 0 Å². The largest absolute Gasteiger partial charge is 0.344 e. The third-order valence-corrected chi connectivity index (χ3v) is 4.77. The Kier molecular flexibility index (Phi) is 4.68. The van der Waals surface area contributed by atoms with Gasteiger partial charge in [0.25, 0.3) is 0 Å². The van der Waals surface area contributed by atoms with Crippen molar-refractivity contribution in [3.8, 4) is 0 Å². The first-order valence-corrected chi connectivity index (χ1v) is 8.80. The van der Waals surface area contributed by atoms with Crippen LogP contribution in [-0.4, -0.2) is 4.57 Å². The summed E-state index contributed by atoms with van der Waals surface area (Å²) in [4.78, 5) is 0. The molecule has 0 fully saturated rings. The van der Waals surface area contributed by atoms with Gasteiger partial charge < -0.3 is 4.57 Å². The quantitative estimate of drug-likeness (QED) is 0.520. The molecule has 0 amide bonds. The van der Waals surface area contributed by atoms with Crippen molar-refractivity contribution in [2.45, 2.75) is 39.7 Å². The van der Waals surface area contributed by atoms with Crippen LogP contribution in [0.3, 0.4) is 0 Å². The van der Waals surface area contributed by atoms with Crippen LogP contribution in [0.5, 0.6) is 0 Å². The number of benzene rings is 2. The molecule has 1 nitrogen and oxygen atoms in total. The maximum atomic E-state index is 3.51. The van der Waals surface area contributed by atoms with E-state index in [1.54, 1.807) is 0 Å². The predicted octanol–water partition coefficient (Wildman–Crippen LogP) is 6.10. The molecule has 0 saturated carbocycles. The SMILES string of the molecule is CCCCn1c(Cc2ccc(Br)cc2)cc2cccc(C)c21. The van der Waals surface area contributed by atoms with Crippen LogP contribution in [0.25, 0.3) is 10.9 Å². The molecule has 0 radical (unpaired) electrons. The number of hydrogen-bond donors (Lipinski definition) is 0. The zero-order chi connectivity index (χ0) is 15.5. The summed E-state index contributed by atoms with van der Waals surface area (Å²) in [6.07, 6.45) is 3.44. The lowest BCUT2D eigenvalue weighted by atomic mass is 10.1. The van der Waals surface area contributed by atoms with Gasteiger partial charge in [0, 0.05) is 28.5 Å². The smallest absolute Gasteiger partial charge is 0.0512 e. The Morgan fingerprint density at radius 2 is 1.82 bits per heavy atom. The Bertz CT molecular complexity index is 768. The number of para-hydroxylation sites is 1. The summed E-state index contributed by atoms with van der Waals surface area (Å²) < 4.78 is 3.66. The van der Waals surface area contributed by atoms with Crippen molar-refractivity contribution in [2.75, 3.05) is 0 Å². The summed E-state index contributed by atoms with van der Waals surface area (Å²) in [7, 11) is 0. The van der Waals surface area contributed by atoms with Crippen molar-refractivity contribution >= 4 is 26.8 Å². The van der Waals surface area contributed by atoms with Gasteiger partial charge in [-0.05, 0) is 42.7 Å². The number of hydrogen-bond acceptors (Lipinski definition) is 0. The predicted molar refractivity (Wildman–Crippen MR) is 98.5 cm³/mol. The van der Waals surface area contributed by atoms with Crippen molar-refractivity contribution in [1.29, 1.82) is 0 Å². The van der Waals surface area contributed by atoms with Crippen LogP contribution in [0.15, 0.2) is 53.0 Å². The fraction of sp³-hybridized carbons (Fsp3) is 0.300. The van der Waals surface area contributed by atoms with Crippen molar-refractivity contribution in [3.05, 3.63) is 69.8 Å². The molecule has 22 heavy (non-hydrogen) atoms. The maximum Gasteiger partial charge on any atom is 0.0512 e. The highest BCUT2D eigenvalue weighted by Crippen LogP contribution is 2.26. The lowest BCUT2D eigenvalue weighted by Crippen LogP contribution is -2.04.